The Balaban J connectivity index is 0.00000461. The number of fused-ring (bicyclic) bond motifs is 1. The fraction of sp³-hybridized carbons (Fsp3) is 0.161. The molecule has 1 N–H and O–H groups in total. The van der Waals surface area contributed by atoms with Crippen LogP contribution in [-0.2, 0) is 41.8 Å². The van der Waals surface area contributed by atoms with Crippen molar-refractivity contribution in [3.8, 4) is 6.07 Å². The Morgan fingerprint density at radius 2 is 1.40 bits per heavy atom. The van der Waals surface area contributed by atoms with Gasteiger partial charge in [0.25, 0.3) is 10.0 Å². The Bertz CT molecular complexity index is 1940. The monoisotopic (exact) mass is 664 g/mol. The Labute approximate surface area is 260 Å². The lowest BCUT2D eigenvalue weighted by Crippen LogP contribution is -2.14. The molecule has 5 aromatic rings. The van der Waals surface area contributed by atoms with Crippen LogP contribution in [0.3, 0.4) is 0 Å². The van der Waals surface area contributed by atoms with Crippen LogP contribution in [0.4, 0.5) is 32.0 Å². The number of alkyl halides is 6. The Kier molecular flexibility index (Phi) is 9.51. The van der Waals surface area contributed by atoms with Crippen LogP contribution in [0, 0.1) is 11.3 Å². The smallest absolute Gasteiger partial charge is 0.323 e. The number of rotatable bonds is 8. The third kappa shape index (κ3) is 7.76. The third-order valence-electron chi connectivity index (χ3n) is 6.84. The molecular weight excluding hydrogens is 642 g/mol. The number of aryl methyl sites for hydroxylation is 2. The maximum absolute atomic E-state index is 13.5. The van der Waals surface area contributed by atoms with E-state index in [1.165, 1.54) is 34.9 Å². The summed E-state index contributed by atoms with van der Waals surface area (Å²) in [5.41, 5.74) is -0.964. The second kappa shape index (κ2) is 12.8. The van der Waals surface area contributed by atoms with E-state index in [9.17, 15) is 34.8 Å². The number of hydrogen-bond acceptors (Lipinski definition) is 4. The number of imidazole rings is 1. The van der Waals surface area contributed by atoms with Crippen molar-refractivity contribution >= 4 is 39.2 Å². The van der Waals surface area contributed by atoms with Gasteiger partial charge in [0.2, 0.25) is 0 Å². The molecule has 0 aliphatic heterocycles. The Morgan fingerprint density at radius 3 is 1.98 bits per heavy atom. The Morgan fingerprint density at radius 1 is 0.778 bits per heavy atom. The molecule has 45 heavy (non-hydrogen) atoms. The average molecular weight is 665 g/mol. The van der Waals surface area contributed by atoms with Gasteiger partial charge in [-0.2, -0.15) is 31.6 Å². The van der Waals surface area contributed by atoms with Gasteiger partial charge in [0.15, 0.2) is 0 Å². The number of nitriles is 1. The average Bonchev–Trinajstić information content (AvgIpc) is 3.31. The molecule has 6 nitrogen and oxygen atoms in total. The summed E-state index contributed by atoms with van der Waals surface area (Å²) in [6, 6.07) is 22.2. The fourth-order valence-electron chi connectivity index (χ4n) is 4.72. The summed E-state index contributed by atoms with van der Waals surface area (Å²) in [4.78, 5) is 4.62. The molecule has 1 heterocycles. The van der Waals surface area contributed by atoms with Gasteiger partial charge in [-0.15, -0.1) is 12.4 Å². The molecule has 0 unspecified atom stereocenters. The maximum Gasteiger partial charge on any atom is 0.416 e. The zero-order valence-electron chi connectivity index (χ0n) is 23.0. The van der Waals surface area contributed by atoms with E-state index in [2.05, 4.69) is 9.71 Å². The summed E-state index contributed by atoms with van der Waals surface area (Å²) in [6.45, 7) is -0.360. The van der Waals surface area contributed by atoms with Crippen LogP contribution in [-0.4, -0.2) is 18.0 Å². The summed E-state index contributed by atoms with van der Waals surface area (Å²) in [7, 11) is -3.94. The number of nitrogens with zero attached hydrogens (tertiary/aromatic N) is 3. The first-order chi connectivity index (χ1) is 20.7. The molecule has 0 amide bonds. The molecule has 5 rings (SSSR count). The van der Waals surface area contributed by atoms with Crippen molar-refractivity contribution in [1.29, 1.82) is 5.26 Å². The number of sulfonamides is 1. The largest absolute Gasteiger partial charge is 0.416 e. The summed E-state index contributed by atoms with van der Waals surface area (Å²) in [5.74, 6) is 0.360. The molecule has 0 spiro atoms. The highest BCUT2D eigenvalue weighted by Crippen LogP contribution is 2.37. The predicted octanol–water partition coefficient (Wildman–Crippen LogP) is 8.00. The molecule has 234 valence electrons. The van der Waals surface area contributed by atoms with Crippen molar-refractivity contribution < 1.29 is 34.8 Å². The lowest BCUT2D eigenvalue weighted by molar-refractivity contribution is -0.143. The highest BCUT2D eigenvalue weighted by Gasteiger charge is 2.37. The highest BCUT2D eigenvalue weighted by molar-refractivity contribution is 7.92. The molecular formula is C31H23ClF6N4O2S. The van der Waals surface area contributed by atoms with Crippen LogP contribution >= 0.6 is 12.4 Å². The minimum atomic E-state index is -5.00. The first kappa shape index (κ1) is 33.4. The van der Waals surface area contributed by atoms with Gasteiger partial charge in [-0.25, -0.2) is 13.4 Å². The lowest BCUT2D eigenvalue weighted by Gasteiger charge is -2.16. The molecule has 0 fully saturated rings. The van der Waals surface area contributed by atoms with Gasteiger partial charge >= 0.3 is 12.4 Å². The van der Waals surface area contributed by atoms with Crippen LogP contribution < -0.4 is 4.72 Å². The molecule has 0 bridgehead atoms. The summed E-state index contributed by atoms with van der Waals surface area (Å²) >= 11 is 0. The van der Waals surface area contributed by atoms with E-state index in [1.54, 1.807) is 42.5 Å². The normalized spacial score (nSPS) is 12.0. The maximum atomic E-state index is 13.5. The van der Waals surface area contributed by atoms with Crippen molar-refractivity contribution in [2.75, 3.05) is 4.72 Å². The molecule has 0 radical (unpaired) electrons. The molecule has 0 atom stereocenters. The first-order valence-electron chi connectivity index (χ1n) is 13.1. The zero-order valence-corrected chi connectivity index (χ0v) is 24.7. The number of benzene rings is 4. The van der Waals surface area contributed by atoms with E-state index in [4.69, 9.17) is 5.26 Å². The number of hydrogen-bond donors (Lipinski definition) is 1. The lowest BCUT2D eigenvalue weighted by atomic mass is 10.0. The fourth-order valence-corrected chi connectivity index (χ4v) is 5.79. The second-order valence-electron chi connectivity index (χ2n) is 9.96. The van der Waals surface area contributed by atoms with Crippen LogP contribution in [0.2, 0.25) is 0 Å². The molecule has 0 saturated heterocycles. The van der Waals surface area contributed by atoms with E-state index in [1.807, 2.05) is 6.07 Å². The number of anilines is 1. The summed E-state index contributed by atoms with van der Waals surface area (Å²) in [6.07, 6.45) is -9.36. The number of aromatic nitrogens is 2. The van der Waals surface area contributed by atoms with Gasteiger partial charge in [-0.05, 0) is 78.2 Å². The number of halogens is 7. The van der Waals surface area contributed by atoms with Gasteiger partial charge in [-0.3, -0.25) is 4.72 Å². The van der Waals surface area contributed by atoms with Crippen molar-refractivity contribution in [2.45, 2.75) is 36.6 Å². The Hall–Kier alpha value is -4.54. The topological polar surface area (TPSA) is 87.8 Å². The van der Waals surface area contributed by atoms with Crippen LogP contribution in [0.1, 0.15) is 33.6 Å². The zero-order chi connectivity index (χ0) is 31.7. The predicted molar refractivity (Wildman–Crippen MR) is 158 cm³/mol. The van der Waals surface area contributed by atoms with Gasteiger partial charge in [0.1, 0.15) is 5.82 Å². The first-order valence-corrected chi connectivity index (χ1v) is 14.6. The quantitative estimate of drug-likeness (QED) is 0.170. The molecule has 0 saturated carbocycles. The van der Waals surface area contributed by atoms with Gasteiger partial charge < -0.3 is 4.57 Å². The summed E-state index contributed by atoms with van der Waals surface area (Å²) < 4.78 is 111. The SMILES string of the molecule is Cl.N#Cc1ccc(CCc2nc3cc(NS(=O)(=O)c4ccccc4)ccc3n2Cc2cc(C(F)(F)F)cc(C(F)(F)F)c2)cc1. The standard InChI is InChI=1S/C31H22F6N4O2S.ClH/c32-30(33,34)23-14-22(15-24(16-23)31(35,36)37)19-41-28-12-11-25(40-44(42,43)26-4-2-1-3-5-26)17-27(28)39-29(41)13-10-20-6-8-21(18-38)9-7-20;/h1-9,11-12,14-17,40H,10,13,19H2;1H. The van der Waals surface area contributed by atoms with Crippen molar-refractivity contribution in [2.24, 2.45) is 0 Å². The minimum Gasteiger partial charge on any atom is -0.323 e. The molecule has 0 aliphatic carbocycles. The second-order valence-corrected chi connectivity index (χ2v) is 11.6. The van der Waals surface area contributed by atoms with E-state index in [0.29, 0.717) is 35.5 Å². The molecule has 14 heteroatoms. The van der Waals surface area contributed by atoms with Gasteiger partial charge in [0, 0.05) is 13.0 Å². The molecule has 0 aliphatic rings. The molecule has 4 aromatic carbocycles. The van der Waals surface area contributed by atoms with E-state index >= 15 is 0 Å². The van der Waals surface area contributed by atoms with Crippen molar-refractivity contribution in [3.63, 3.8) is 0 Å². The van der Waals surface area contributed by atoms with E-state index < -0.39 is 33.5 Å². The van der Waals surface area contributed by atoms with Crippen molar-refractivity contribution in [1.82, 2.24) is 9.55 Å². The third-order valence-corrected chi connectivity index (χ3v) is 8.24. The summed E-state index contributed by atoms with van der Waals surface area (Å²) in [5, 5.41) is 9.04. The minimum absolute atomic E-state index is 0. The van der Waals surface area contributed by atoms with Crippen LogP contribution in [0.5, 0.6) is 0 Å². The van der Waals surface area contributed by atoms with E-state index in [0.717, 1.165) is 5.56 Å². The number of nitrogens with one attached hydrogen (secondary N) is 1. The van der Waals surface area contributed by atoms with Crippen molar-refractivity contribution in [3.05, 3.63) is 125 Å². The molecule has 1 aromatic heterocycles. The highest BCUT2D eigenvalue weighted by atomic mass is 35.5. The van der Waals surface area contributed by atoms with Gasteiger partial charge in [-0.1, -0.05) is 30.3 Å². The van der Waals surface area contributed by atoms with Crippen LogP contribution in [0.25, 0.3) is 11.0 Å². The van der Waals surface area contributed by atoms with Crippen LogP contribution in [0.15, 0.2) is 95.9 Å². The van der Waals surface area contributed by atoms with Gasteiger partial charge in [0.05, 0.1) is 44.4 Å². The van der Waals surface area contributed by atoms with E-state index in [-0.39, 0.29) is 53.1 Å².